The fraction of sp³-hybridized carbons (Fsp3) is 0.276. The molecule has 1 heterocycles. The summed E-state index contributed by atoms with van der Waals surface area (Å²) in [5.41, 5.74) is 2.95. The minimum Gasteiger partial charge on any atom is -0.421 e. The maximum absolute atomic E-state index is 13.5. The molecule has 5 rings (SSSR count). The number of benzene rings is 3. The van der Waals surface area contributed by atoms with Crippen molar-refractivity contribution in [3.63, 3.8) is 0 Å². The Hall–Kier alpha value is -3.94. The Labute approximate surface area is 212 Å². The van der Waals surface area contributed by atoms with Crippen LogP contribution in [0.4, 0.5) is 13.2 Å². The summed E-state index contributed by atoms with van der Waals surface area (Å²) in [6, 6.07) is 24.5. The van der Waals surface area contributed by atoms with Crippen molar-refractivity contribution in [1.29, 1.82) is 0 Å². The van der Waals surface area contributed by atoms with Gasteiger partial charge in [0.05, 0.1) is 0 Å². The van der Waals surface area contributed by atoms with Crippen LogP contribution in [-0.4, -0.2) is 28.8 Å². The predicted molar refractivity (Wildman–Crippen MR) is 134 cm³/mol. The van der Waals surface area contributed by atoms with Gasteiger partial charge in [-0.25, -0.2) is 0 Å². The summed E-state index contributed by atoms with van der Waals surface area (Å²) in [6.07, 6.45) is -1.37. The number of carbonyl (C=O) groups is 1. The minimum atomic E-state index is -4.49. The van der Waals surface area contributed by atoms with Crippen molar-refractivity contribution >= 4 is 5.91 Å². The third-order valence-electron chi connectivity index (χ3n) is 6.83. The average molecular weight is 506 g/mol. The van der Waals surface area contributed by atoms with Crippen LogP contribution in [0.1, 0.15) is 42.7 Å². The fourth-order valence-corrected chi connectivity index (χ4v) is 5.18. The summed E-state index contributed by atoms with van der Waals surface area (Å²) in [5.74, 6) is 0.384. The van der Waals surface area contributed by atoms with Gasteiger partial charge in [0.25, 0.3) is 0 Å². The first-order valence-corrected chi connectivity index (χ1v) is 12.3. The number of alkyl halides is 3. The molecule has 0 saturated carbocycles. The predicted octanol–water partition coefficient (Wildman–Crippen LogP) is 6.48. The number of carbonyl (C=O) groups excluding carboxylic acids is 1. The molecule has 37 heavy (non-hydrogen) atoms. The number of unbranched alkanes of at least 4 members (excludes halogenated alkanes) is 2. The molecular formula is C29H26F3N3O2. The van der Waals surface area contributed by atoms with Crippen LogP contribution in [0.3, 0.4) is 0 Å². The first-order valence-electron chi connectivity index (χ1n) is 12.3. The van der Waals surface area contributed by atoms with Crippen LogP contribution in [0.25, 0.3) is 22.6 Å². The normalized spacial score (nSPS) is 13.7. The number of nitrogens with one attached hydrogen (secondary N) is 1. The van der Waals surface area contributed by atoms with Crippen LogP contribution in [0.15, 0.2) is 83.3 Å². The van der Waals surface area contributed by atoms with Gasteiger partial charge in [-0.1, -0.05) is 79.6 Å². The second-order valence-electron chi connectivity index (χ2n) is 9.22. The highest BCUT2D eigenvalue weighted by molar-refractivity contribution is 6.00. The van der Waals surface area contributed by atoms with E-state index in [-0.39, 0.29) is 0 Å². The molecule has 190 valence electrons. The van der Waals surface area contributed by atoms with E-state index in [0.717, 1.165) is 40.7 Å². The maximum Gasteiger partial charge on any atom is 0.405 e. The Balaban J connectivity index is 1.31. The average Bonchev–Trinajstić information content (AvgIpc) is 3.49. The van der Waals surface area contributed by atoms with Crippen LogP contribution < -0.4 is 5.32 Å². The highest BCUT2D eigenvalue weighted by atomic mass is 19.4. The third-order valence-corrected chi connectivity index (χ3v) is 6.83. The molecule has 1 N–H and O–H groups in total. The molecule has 1 aromatic heterocycles. The van der Waals surface area contributed by atoms with Crippen molar-refractivity contribution in [1.82, 2.24) is 15.5 Å². The number of aryl methyl sites for hydroxylation is 1. The number of amides is 1. The van der Waals surface area contributed by atoms with E-state index in [1.807, 2.05) is 78.9 Å². The Morgan fingerprint density at radius 3 is 2.08 bits per heavy atom. The van der Waals surface area contributed by atoms with Crippen molar-refractivity contribution in [2.24, 2.45) is 0 Å². The van der Waals surface area contributed by atoms with Gasteiger partial charge in [-0.05, 0) is 47.2 Å². The monoisotopic (exact) mass is 505 g/mol. The van der Waals surface area contributed by atoms with E-state index in [4.69, 9.17) is 4.42 Å². The van der Waals surface area contributed by atoms with Crippen molar-refractivity contribution < 1.29 is 22.4 Å². The Morgan fingerprint density at radius 2 is 1.43 bits per heavy atom. The van der Waals surface area contributed by atoms with Gasteiger partial charge in [0.15, 0.2) is 0 Å². The van der Waals surface area contributed by atoms with E-state index >= 15 is 0 Å². The molecule has 0 aliphatic heterocycles. The Kier molecular flexibility index (Phi) is 6.82. The molecule has 0 saturated heterocycles. The molecule has 1 aliphatic rings. The van der Waals surface area contributed by atoms with E-state index in [2.05, 4.69) is 15.5 Å². The van der Waals surface area contributed by atoms with Crippen LogP contribution in [-0.2, 0) is 16.6 Å². The molecule has 0 unspecified atom stereocenters. The lowest BCUT2D eigenvalue weighted by atomic mass is 9.73. The lowest BCUT2D eigenvalue weighted by molar-refractivity contribution is -0.141. The fourth-order valence-electron chi connectivity index (χ4n) is 5.18. The van der Waals surface area contributed by atoms with Gasteiger partial charge in [-0.15, -0.1) is 10.2 Å². The van der Waals surface area contributed by atoms with Gasteiger partial charge in [0, 0.05) is 12.0 Å². The van der Waals surface area contributed by atoms with Crippen LogP contribution in [0, 0.1) is 0 Å². The summed E-state index contributed by atoms with van der Waals surface area (Å²) in [6.45, 7) is -1.36. The number of hydrogen-bond donors (Lipinski definition) is 1. The molecule has 0 bridgehead atoms. The third kappa shape index (κ3) is 5.01. The second kappa shape index (κ2) is 10.2. The van der Waals surface area contributed by atoms with Crippen molar-refractivity contribution in [3.05, 3.63) is 95.9 Å². The molecule has 0 spiro atoms. The number of fused-ring (bicyclic) bond motifs is 3. The van der Waals surface area contributed by atoms with Crippen LogP contribution in [0.2, 0.25) is 0 Å². The standard InChI is InChI=1S/C29H26F3N3O2/c30-29(31,32)19-33-27(36)28(23-15-8-6-13-21(23)22-14-7-9-16-24(22)28)18-10-2-5-17-25-34-35-26(37-25)20-11-3-1-4-12-20/h1,3-4,6-9,11-16H,2,5,10,17-19H2,(H,33,36). The molecular weight excluding hydrogens is 479 g/mol. The van der Waals surface area contributed by atoms with E-state index < -0.39 is 24.0 Å². The number of halogens is 3. The lowest BCUT2D eigenvalue weighted by Crippen LogP contribution is -2.47. The molecule has 0 fully saturated rings. The molecule has 4 aromatic rings. The summed E-state index contributed by atoms with van der Waals surface area (Å²) in [4.78, 5) is 13.5. The zero-order valence-corrected chi connectivity index (χ0v) is 20.1. The molecule has 8 heteroatoms. The largest absolute Gasteiger partial charge is 0.421 e. The van der Waals surface area contributed by atoms with Crippen molar-refractivity contribution in [2.75, 3.05) is 6.54 Å². The topological polar surface area (TPSA) is 68.0 Å². The zero-order chi connectivity index (χ0) is 25.9. The number of rotatable bonds is 9. The molecule has 3 aromatic carbocycles. The first kappa shape index (κ1) is 24.7. The maximum atomic E-state index is 13.5. The van der Waals surface area contributed by atoms with Crippen molar-refractivity contribution in [3.8, 4) is 22.6 Å². The van der Waals surface area contributed by atoms with Gasteiger partial charge in [0.1, 0.15) is 12.0 Å². The molecule has 0 radical (unpaired) electrons. The minimum absolute atomic E-state index is 0.393. The van der Waals surface area contributed by atoms with E-state index in [9.17, 15) is 18.0 Å². The number of aromatic nitrogens is 2. The van der Waals surface area contributed by atoms with E-state index in [1.165, 1.54) is 0 Å². The SMILES string of the molecule is O=C(NCC(F)(F)F)C1(CCCCCc2nnc(-c3ccccc3)o2)c2ccccc2-c2ccccc21. The van der Waals surface area contributed by atoms with Gasteiger partial charge in [-0.2, -0.15) is 13.2 Å². The zero-order valence-electron chi connectivity index (χ0n) is 20.1. The molecule has 1 aliphatic carbocycles. The highest BCUT2D eigenvalue weighted by Crippen LogP contribution is 2.51. The Morgan fingerprint density at radius 1 is 0.811 bits per heavy atom. The summed E-state index contributed by atoms with van der Waals surface area (Å²) < 4.78 is 44.8. The van der Waals surface area contributed by atoms with Gasteiger partial charge in [0.2, 0.25) is 17.7 Å². The van der Waals surface area contributed by atoms with Crippen molar-refractivity contribution in [2.45, 2.75) is 43.7 Å². The number of hydrogen-bond acceptors (Lipinski definition) is 4. The summed E-state index contributed by atoms with van der Waals surface area (Å²) >= 11 is 0. The summed E-state index contributed by atoms with van der Waals surface area (Å²) in [5, 5.41) is 10.4. The summed E-state index contributed by atoms with van der Waals surface area (Å²) in [7, 11) is 0. The Bertz CT molecular complexity index is 1340. The van der Waals surface area contributed by atoms with Gasteiger partial charge < -0.3 is 9.73 Å². The molecule has 5 nitrogen and oxygen atoms in total. The quantitative estimate of drug-likeness (QED) is 0.264. The van der Waals surface area contributed by atoms with Gasteiger partial charge in [-0.3, -0.25) is 4.79 Å². The highest BCUT2D eigenvalue weighted by Gasteiger charge is 2.49. The second-order valence-corrected chi connectivity index (χ2v) is 9.22. The smallest absolute Gasteiger partial charge is 0.405 e. The van der Waals surface area contributed by atoms with Gasteiger partial charge >= 0.3 is 6.18 Å². The van der Waals surface area contributed by atoms with Crippen LogP contribution in [0.5, 0.6) is 0 Å². The first-order chi connectivity index (χ1) is 17.9. The number of nitrogens with zero attached hydrogens (tertiary/aromatic N) is 2. The van der Waals surface area contributed by atoms with E-state index in [1.54, 1.807) is 0 Å². The van der Waals surface area contributed by atoms with E-state index in [0.29, 0.717) is 31.0 Å². The molecule has 1 amide bonds. The lowest BCUT2D eigenvalue weighted by Gasteiger charge is -2.31. The molecule has 0 atom stereocenters. The van der Waals surface area contributed by atoms with Crippen LogP contribution >= 0.6 is 0 Å².